The minimum atomic E-state index is 0.0630. The molecule has 0 spiro atoms. The van der Waals surface area contributed by atoms with Crippen LogP contribution in [0, 0.1) is 0 Å². The number of hydrogen-bond acceptors (Lipinski definition) is 6. The third kappa shape index (κ3) is 4.23. The molecule has 0 amide bonds. The van der Waals surface area contributed by atoms with E-state index in [0.717, 1.165) is 55.2 Å². The second-order valence-corrected chi connectivity index (χ2v) is 7.60. The van der Waals surface area contributed by atoms with Crippen LogP contribution in [0.5, 0.6) is 23.0 Å². The maximum atomic E-state index is 9.86. The number of aromatic hydroxyl groups is 1. The van der Waals surface area contributed by atoms with Crippen LogP contribution < -0.4 is 19.5 Å². The van der Waals surface area contributed by atoms with Crippen molar-refractivity contribution in [1.29, 1.82) is 0 Å². The van der Waals surface area contributed by atoms with Gasteiger partial charge >= 0.3 is 0 Å². The Bertz CT molecular complexity index is 845. The zero-order valence-electron chi connectivity index (χ0n) is 15.9. The van der Waals surface area contributed by atoms with Crippen LogP contribution in [0.15, 0.2) is 30.3 Å². The zero-order valence-corrected chi connectivity index (χ0v) is 16.7. The predicted molar refractivity (Wildman–Crippen MR) is 109 cm³/mol. The lowest BCUT2D eigenvalue weighted by molar-refractivity contribution is 0.171. The molecule has 0 aliphatic carbocycles. The van der Waals surface area contributed by atoms with E-state index in [9.17, 15) is 5.11 Å². The molecule has 1 fully saturated rings. The molecule has 0 bridgehead atoms. The lowest BCUT2D eigenvalue weighted by Gasteiger charge is -2.34. The van der Waals surface area contributed by atoms with Crippen molar-refractivity contribution in [2.45, 2.75) is 25.4 Å². The molecule has 1 atom stereocenters. The van der Waals surface area contributed by atoms with E-state index in [1.807, 2.05) is 24.3 Å². The number of anilines is 1. The fraction of sp³-hybridized carbons (Fsp3) is 0.429. The number of piperidine rings is 1. The number of nitrogens with one attached hydrogen (secondary N) is 1. The summed E-state index contributed by atoms with van der Waals surface area (Å²) in [6, 6.07) is 9.71. The molecule has 1 saturated heterocycles. The van der Waals surface area contributed by atoms with Gasteiger partial charge in [-0.05, 0) is 43.1 Å². The molecular formula is C21H25ClN2O4. The summed E-state index contributed by atoms with van der Waals surface area (Å²) < 4.78 is 16.5. The van der Waals surface area contributed by atoms with E-state index in [2.05, 4.69) is 10.2 Å². The number of rotatable bonds is 5. The Morgan fingerprint density at radius 3 is 2.86 bits per heavy atom. The van der Waals surface area contributed by atoms with Gasteiger partial charge in [-0.25, -0.2) is 0 Å². The maximum absolute atomic E-state index is 9.86. The molecule has 4 rings (SSSR count). The quantitative estimate of drug-likeness (QED) is 0.788. The molecule has 2 aromatic rings. The second-order valence-electron chi connectivity index (χ2n) is 7.19. The zero-order chi connectivity index (χ0) is 19.5. The van der Waals surface area contributed by atoms with E-state index in [1.54, 1.807) is 13.2 Å². The number of likely N-dealkylation sites (tertiary alicyclic amines) is 1. The fourth-order valence-corrected chi connectivity index (χ4v) is 4.01. The number of fused-ring (bicyclic) bond motifs is 1. The maximum Gasteiger partial charge on any atom is 0.163 e. The SMILES string of the molecule is COc1cc(CN2CCC[C@@H](Nc3ccc4c(c3)OCCO4)C2)c(Cl)cc1O. The molecule has 2 aliphatic rings. The number of methoxy groups -OCH3 is 1. The number of nitrogens with zero attached hydrogens (tertiary/aromatic N) is 1. The molecule has 0 saturated carbocycles. The molecule has 28 heavy (non-hydrogen) atoms. The monoisotopic (exact) mass is 404 g/mol. The summed E-state index contributed by atoms with van der Waals surface area (Å²) in [7, 11) is 1.54. The van der Waals surface area contributed by atoms with Gasteiger partial charge in [0.25, 0.3) is 0 Å². The Kier molecular flexibility index (Phi) is 5.69. The van der Waals surface area contributed by atoms with Crippen molar-refractivity contribution in [2.75, 3.05) is 38.7 Å². The van der Waals surface area contributed by atoms with Gasteiger partial charge in [0.15, 0.2) is 23.0 Å². The summed E-state index contributed by atoms with van der Waals surface area (Å²) in [6.45, 7) is 3.83. The Morgan fingerprint density at radius 1 is 1.21 bits per heavy atom. The summed E-state index contributed by atoms with van der Waals surface area (Å²) in [5, 5.41) is 14.0. The number of ether oxygens (including phenoxy) is 3. The number of hydrogen-bond donors (Lipinski definition) is 2. The molecule has 2 N–H and O–H groups in total. The molecule has 2 heterocycles. The normalized spacial score (nSPS) is 19.3. The van der Waals surface area contributed by atoms with Crippen molar-refractivity contribution >= 4 is 17.3 Å². The van der Waals surface area contributed by atoms with Crippen molar-refractivity contribution in [1.82, 2.24) is 4.90 Å². The first kappa shape index (κ1) is 19.0. The Balaban J connectivity index is 1.41. The van der Waals surface area contributed by atoms with Crippen molar-refractivity contribution in [3.8, 4) is 23.0 Å². The fourth-order valence-electron chi connectivity index (χ4n) is 3.80. The molecule has 7 heteroatoms. The van der Waals surface area contributed by atoms with E-state index in [-0.39, 0.29) is 5.75 Å². The highest BCUT2D eigenvalue weighted by Gasteiger charge is 2.22. The molecule has 0 aromatic heterocycles. The summed E-state index contributed by atoms with van der Waals surface area (Å²) in [4.78, 5) is 2.37. The van der Waals surface area contributed by atoms with Crippen LogP contribution in [0.2, 0.25) is 5.02 Å². The molecular weight excluding hydrogens is 380 g/mol. The molecule has 0 radical (unpaired) electrons. The topological polar surface area (TPSA) is 63.2 Å². The van der Waals surface area contributed by atoms with Crippen LogP contribution in [-0.4, -0.2) is 49.5 Å². The van der Waals surface area contributed by atoms with E-state index in [0.29, 0.717) is 30.0 Å². The van der Waals surface area contributed by atoms with Crippen LogP contribution in [0.25, 0.3) is 0 Å². The Morgan fingerprint density at radius 2 is 2.04 bits per heavy atom. The Labute approximate surface area is 170 Å². The van der Waals surface area contributed by atoms with E-state index < -0.39 is 0 Å². The summed E-state index contributed by atoms with van der Waals surface area (Å²) in [6.07, 6.45) is 2.21. The average molecular weight is 405 g/mol. The van der Waals surface area contributed by atoms with E-state index in [1.165, 1.54) is 0 Å². The highest BCUT2D eigenvalue weighted by Crippen LogP contribution is 2.34. The summed E-state index contributed by atoms with van der Waals surface area (Å²) in [5.41, 5.74) is 2.00. The molecule has 2 aromatic carbocycles. The average Bonchev–Trinajstić information content (AvgIpc) is 2.70. The smallest absolute Gasteiger partial charge is 0.163 e. The van der Waals surface area contributed by atoms with Gasteiger partial charge in [0.1, 0.15) is 13.2 Å². The van der Waals surface area contributed by atoms with Crippen LogP contribution in [-0.2, 0) is 6.54 Å². The number of halogens is 1. The van der Waals surface area contributed by atoms with Gasteiger partial charge in [-0.3, -0.25) is 4.90 Å². The summed E-state index contributed by atoms with van der Waals surface area (Å²) in [5.74, 6) is 2.11. The summed E-state index contributed by atoms with van der Waals surface area (Å²) >= 11 is 6.33. The van der Waals surface area contributed by atoms with Gasteiger partial charge in [0, 0.05) is 42.0 Å². The lowest BCUT2D eigenvalue weighted by Crippen LogP contribution is -2.41. The van der Waals surface area contributed by atoms with Gasteiger partial charge in [-0.2, -0.15) is 0 Å². The van der Waals surface area contributed by atoms with Crippen molar-refractivity contribution in [3.63, 3.8) is 0 Å². The highest BCUT2D eigenvalue weighted by molar-refractivity contribution is 6.31. The molecule has 2 aliphatic heterocycles. The van der Waals surface area contributed by atoms with Crippen LogP contribution >= 0.6 is 11.6 Å². The molecule has 6 nitrogen and oxygen atoms in total. The van der Waals surface area contributed by atoms with Crippen molar-refractivity contribution < 1.29 is 19.3 Å². The van der Waals surface area contributed by atoms with Gasteiger partial charge in [-0.15, -0.1) is 0 Å². The first-order chi connectivity index (χ1) is 13.6. The standard InChI is InChI=1S/C21H25ClN2O4/c1-26-20-9-14(17(22)11-18(20)25)12-24-6-2-3-16(13-24)23-15-4-5-19-21(10-15)28-8-7-27-19/h4-5,9-11,16,23,25H,2-3,6-8,12-13H2,1H3/t16-/m1/s1. The van der Waals surface area contributed by atoms with Gasteiger partial charge in [0.05, 0.1) is 7.11 Å². The predicted octanol–water partition coefficient (Wildman–Crippen LogP) is 3.90. The Hall–Kier alpha value is -2.31. The largest absolute Gasteiger partial charge is 0.504 e. The highest BCUT2D eigenvalue weighted by atomic mass is 35.5. The van der Waals surface area contributed by atoms with Crippen molar-refractivity contribution in [2.24, 2.45) is 0 Å². The van der Waals surface area contributed by atoms with Gasteiger partial charge in [-0.1, -0.05) is 11.6 Å². The van der Waals surface area contributed by atoms with E-state index in [4.69, 9.17) is 25.8 Å². The van der Waals surface area contributed by atoms with E-state index >= 15 is 0 Å². The van der Waals surface area contributed by atoms with Crippen LogP contribution in [0.3, 0.4) is 0 Å². The molecule has 150 valence electrons. The van der Waals surface area contributed by atoms with Crippen LogP contribution in [0.4, 0.5) is 5.69 Å². The number of benzene rings is 2. The lowest BCUT2D eigenvalue weighted by atomic mass is 10.0. The number of phenols is 1. The minimum absolute atomic E-state index is 0.0630. The van der Waals surface area contributed by atoms with Crippen LogP contribution in [0.1, 0.15) is 18.4 Å². The number of phenolic OH excluding ortho intramolecular Hbond substituents is 1. The van der Waals surface area contributed by atoms with Gasteiger partial charge < -0.3 is 24.6 Å². The third-order valence-corrected chi connectivity index (χ3v) is 5.51. The minimum Gasteiger partial charge on any atom is -0.504 e. The van der Waals surface area contributed by atoms with Gasteiger partial charge in [0.2, 0.25) is 0 Å². The first-order valence-corrected chi connectivity index (χ1v) is 9.94. The third-order valence-electron chi connectivity index (χ3n) is 5.16. The first-order valence-electron chi connectivity index (χ1n) is 9.56. The van der Waals surface area contributed by atoms with Crippen molar-refractivity contribution in [3.05, 3.63) is 40.9 Å². The molecule has 0 unspecified atom stereocenters. The second kappa shape index (κ2) is 8.37.